The number of methoxy groups -OCH3 is 1. The fourth-order valence-electron chi connectivity index (χ4n) is 1.28. The number of nitrogens with two attached hydrogens (primary N) is 1. The molecule has 1 atom stereocenters. The summed E-state index contributed by atoms with van der Waals surface area (Å²) in [5.74, 6) is -0.487. The molecule has 2 N–H and O–H groups in total. The molecule has 19 heavy (non-hydrogen) atoms. The van der Waals surface area contributed by atoms with Crippen molar-refractivity contribution in [1.29, 1.82) is 0 Å². The minimum atomic E-state index is -0.878. The normalized spacial score (nSPS) is 11.5. The number of hydrogen-bond donors (Lipinski definition) is 1. The van der Waals surface area contributed by atoms with Crippen LogP contribution in [0.2, 0.25) is 0 Å². The SMILES string of the molecule is COC(=O)c1ccccc1OC(=O)OCCC(C)N. The second-order valence-corrected chi connectivity index (χ2v) is 3.95. The molecule has 0 fully saturated rings. The number of rotatable bonds is 5. The lowest BCUT2D eigenvalue weighted by atomic mass is 10.2. The summed E-state index contributed by atoms with van der Waals surface area (Å²) >= 11 is 0. The van der Waals surface area contributed by atoms with Crippen molar-refractivity contribution >= 4 is 12.1 Å². The lowest BCUT2D eigenvalue weighted by Gasteiger charge is -2.09. The van der Waals surface area contributed by atoms with Gasteiger partial charge in [0.25, 0.3) is 0 Å². The molecule has 1 aromatic carbocycles. The topological polar surface area (TPSA) is 87.8 Å². The van der Waals surface area contributed by atoms with Gasteiger partial charge in [0.15, 0.2) is 0 Å². The Labute approximate surface area is 111 Å². The summed E-state index contributed by atoms with van der Waals surface area (Å²) in [4.78, 5) is 22.9. The molecule has 0 saturated heterocycles. The summed E-state index contributed by atoms with van der Waals surface area (Å²) in [6, 6.07) is 6.20. The van der Waals surface area contributed by atoms with Gasteiger partial charge < -0.3 is 19.9 Å². The average molecular weight is 267 g/mol. The minimum absolute atomic E-state index is 0.0600. The maximum Gasteiger partial charge on any atom is 0.513 e. The first-order valence-electron chi connectivity index (χ1n) is 5.82. The van der Waals surface area contributed by atoms with Crippen molar-refractivity contribution < 1.29 is 23.8 Å². The third-order valence-corrected chi connectivity index (χ3v) is 2.28. The lowest BCUT2D eigenvalue weighted by molar-refractivity contribution is 0.0594. The van der Waals surface area contributed by atoms with Gasteiger partial charge in [-0.15, -0.1) is 0 Å². The Kier molecular flexibility index (Phi) is 5.81. The third kappa shape index (κ3) is 4.97. The van der Waals surface area contributed by atoms with Crippen LogP contribution < -0.4 is 10.5 Å². The van der Waals surface area contributed by atoms with E-state index in [0.717, 1.165) is 0 Å². The second kappa shape index (κ2) is 7.38. The van der Waals surface area contributed by atoms with Crippen molar-refractivity contribution in [3.8, 4) is 5.75 Å². The molecule has 1 unspecified atom stereocenters. The quantitative estimate of drug-likeness (QED) is 0.645. The molecule has 0 aliphatic heterocycles. The molecule has 0 spiro atoms. The van der Waals surface area contributed by atoms with Crippen molar-refractivity contribution in [2.24, 2.45) is 5.73 Å². The first kappa shape index (κ1) is 15.0. The van der Waals surface area contributed by atoms with Gasteiger partial charge in [-0.05, 0) is 25.5 Å². The van der Waals surface area contributed by atoms with Gasteiger partial charge in [0.05, 0.1) is 13.7 Å². The Morgan fingerprint density at radius 1 is 1.32 bits per heavy atom. The van der Waals surface area contributed by atoms with E-state index in [-0.39, 0.29) is 24.0 Å². The summed E-state index contributed by atoms with van der Waals surface area (Å²) < 4.78 is 14.4. The van der Waals surface area contributed by atoms with E-state index in [2.05, 4.69) is 4.74 Å². The zero-order valence-electron chi connectivity index (χ0n) is 10.9. The second-order valence-electron chi connectivity index (χ2n) is 3.95. The molecule has 6 heteroatoms. The van der Waals surface area contributed by atoms with Gasteiger partial charge in [-0.1, -0.05) is 12.1 Å². The van der Waals surface area contributed by atoms with E-state index in [4.69, 9.17) is 15.2 Å². The van der Waals surface area contributed by atoms with E-state index in [1.807, 2.05) is 0 Å². The molecule has 6 nitrogen and oxygen atoms in total. The summed E-state index contributed by atoms with van der Waals surface area (Å²) in [5.41, 5.74) is 5.68. The number of esters is 1. The van der Waals surface area contributed by atoms with Gasteiger partial charge in [-0.2, -0.15) is 0 Å². The van der Waals surface area contributed by atoms with Crippen molar-refractivity contribution in [1.82, 2.24) is 0 Å². The highest BCUT2D eigenvalue weighted by Crippen LogP contribution is 2.19. The van der Waals surface area contributed by atoms with Crippen LogP contribution in [0.4, 0.5) is 4.79 Å². The monoisotopic (exact) mass is 267 g/mol. The van der Waals surface area contributed by atoms with Crippen LogP contribution in [0.1, 0.15) is 23.7 Å². The maximum absolute atomic E-state index is 11.4. The van der Waals surface area contributed by atoms with Crippen LogP contribution in [0.5, 0.6) is 5.75 Å². The molecule has 0 amide bonds. The van der Waals surface area contributed by atoms with Crippen molar-refractivity contribution in [3.05, 3.63) is 29.8 Å². The number of ether oxygens (including phenoxy) is 3. The summed E-state index contributed by atoms with van der Waals surface area (Å²) in [6.45, 7) is 1.97. The number of carbonyl (C=O) groups excluding carboxylic acids is 2. The van der Waals surface area contributed by atoms with Crippen LogP contribution in [0.15, 0.2) is 24.3 Å². The lowest BCUT2D eigenvalue weighted by Crippen LogP contribution is -2.20. The molecule has 0 heterocycles. The van der Waals surface area contributed by atoms with Crippen LogP contribution in [-0.4, -0.2) is 31.9 Å². The highest BCUT2D eigenvalue weighted by atomic mass is 16.7. The summed E-state index contributed by atoms with van der Waals surface area (Å²) in [6.07, 6.45) is -0.342. The Morgan fingerprint density at radius 2 is 2.00 bits per heavy atom. The Hall–Kier alpha value is -2.08. The van der Waals surface area contributed by atoms with Gasteiger partial charge in [0.1, 0.15) is 11.3 Å². The molecule has 0 aliphatic rings. The molecular formula is C13H17NO5. The Morgan fingerprint density at radius 3 is 2.63 bits per heavy atom. The molecule has 1 rings (SSSR count). The van der Waals surface area contributed by atoms with Gasteiger partial charge in [-0.3, -0.25) is 0 Å². The van der Waals surface area contributed by atoms with Gasteiger partial charge in [0, 0.05) is 6.04 Å². The predicted molar refractivity (Wildman–Crippen MR) is 68.0 cm³/mol. The largest absolute Gasteiger partial charge is 0.513 e. The van der Waals surface area contributed by atoms with Gasteiger partial charge in [-0.25, -0.2) is 9.59 Å². The van der Waals surface area contributed by atoms with Crippen LogP contribution in [0.25, 0.3) is 0 Å². The number of benzene rings is 1. The summed E-state index contributed by atoms with van der Waals surface area (Å²) in [7, 11) is 1.25. The molecule has 104 valence electrons. The molecule has 1 aromatic rings. The van der Waals surface area contributed by atoms with Crippen molar-refractivity contribution in [3.63, 3.8) is 0 Å². The van der Waals surface area contributed by atoms with Crippen molar-refractivity contribution in [2.75, 3.05) is 13.7 Å². The number of carbonyl (C=O) groups is 2. The average Bonchev–Trinajstić information content (AvgIpc) is 2.38. The third-order valence-electron chi connectivity index (χ3n) is 2.28. The number of para-hydroxylation sites is 1. The molecular weight excluding hydrogens is 250 g/mol. The van der Waals surface area contributed by atoms with E-state index in [9.17, 15) is 9.59 Å². The zero-order valence-corrected chi connectivity index (χ0v) is 10.9. The molecule has 0 bridgehead atoms. The maximum atomic E-state index is 11.4. The van der Waals surface area contributed by atoms with E-state index in [1.165, 1.54) is 19.2 Å². The smallest absolute Gasteiger partial charge is 0.465 e. The summed E-state index contributed by atoms with van der Waals surface area (Å²) in [5, 5.41) is 0. The minimum Gasteiger partial charge on any atom is -0.465 e. The van der Waals surface area contributed by atoms with Crippen LogP contribution >= 0.6 is 0 Å². The van der Waals surface area contributed by atoms with Crippen LogP contribution in [0, 0.1) is 0 Å². The zero-order chi connectivity index (χ0) is 14.3. The molecule has 0 aromatic heterocycles. The van der Waals surface area contributed by atoms with E-state index in [1.54, 1.807) is 19.1 Å². The predicted octanol–water partition coefficient (Wildman–Crippen LogP) is 1.73. The van der Waals surface area contributed by atoms with E-state index in [0.29, 0.717) is 6.42 Å². The molecule has 0 saturated carbocycles. The fourth-order valence-corrected chi connectivity index (χ4v) is 1.28. The Balaban J connectivity index is 2.61. The van der Waals surface area contributed by atoms with Gasteiger partial charge in [0.2, 0.25) is 0 Å². The van der Waals surface area contributed by atoms with Crippen LogP contribution in [0.3, 0.4) is 0 Å². The van der Waals surface area contributed by atoms with Gasteiger partial charge >= 0.3 is 12.1 Å². The molecule has 0 radical (unpaired) electrons. The van der Waals surface area contributed by atoms with E-state index >= 15 is 0 Å². The highest BCUT2D eigenvalue weighted by molar-refractivity contribution is 5.93. The van der Waals surface area contributed by atoms with Crippen LogP contribution in [-0.2, 0) is 9.47 Å². The van der Waals surface area contributed by atoms with E-state index < -0.39 is 12.1 Å². The standard InChI is InChI=1S/C13H17NO5/c1-9(14)7-8-18-13(16)19-11-6-4-3-5-10(11)12(15)17-2/h3-6,9H,7-8,14H2,1-2H3. The fraction of sp³-hybridized carbons (Fsp3) is 0.385. The Bertz CT molecular complexity index is 444. The molecule has 0 aliphatic carbocycles. The first-order chi connectivity index (χ1) is 9.04. The number of hydrogen-bond acceptors (Lipinski definition) is 6. The first-order valence-corrected chi connectivity index (χ1v) is 5.82. The highest BCUT2D eigenvalue weighted by Gasteiger charge is 2.15. The van der Waals surface area contributed by atoms with Crippen molar-refractivity contribution in [2.45, 2.75) is 19.4 Å².